The molecule has 0 atom stereocenters. The van der Waals surface area contributed by atoms with Crippen LogP contribution in [0, 0.1) is 11.3 Å². The number of hydrogen-bond acceptors (Lipinski definition) is 5. The molecule has 23 heavy (non-hydrogen) atoms. The summed E-state index contributed by atoms with van der Waals surface area (Å²) < 4.78 is 5.06. The Morgan fingerprint density at radius 1 is 1.26 bits per heavy atom. The lowest BCUT2D eigenvalue weighted by molar-refractivity contribution is 0.0697. The van der Waals surface area contributed by atoms with Crippen molar-refractivity contribution in [1.82, 2.24) is 4.98 Å². The van der Waals surface area contributed by atoms with Gasteiger partial charge in [-0.3, -0.25) is 0 Å². The Morgan fingerprint density at radius 2 is 2.09 bits per heavy atom. The van der Waals surface area contributed by atoms with Crippen LogP contribution < -0.4 is 5.73 Å². The molecule has 6 nitrogen and oxygen atoms in total. The molecule has 0 spiro atoms. The Balaban J connectivity index is 2.20. The summed E-state index contributed by atoms with van der Waals surface area (Å²) >= 11 is 0. The van der Waals surface area contributed by atoms with E-state index in [0.717, 1.165) is 0 Å². The maximum absolute atomic E-state index is 11.1. The molecule has 3 N–H and O–H groups in total. The number of benzene rings is 1. The SMILES string of the molecule is N#Cc1c(-c2ccoc2)cc(-c2cccc(C(=O)O)c2)nc1N. The van der Waals surface area contributed by atoms with Gasteiger partial charge in [0.25, 0.3) is 0 Å². The van der Waals surface area contributed by atoms with Gasteiger partial charge in [-0.1, -0.05) is 12.1 Å². The van der Waals surface area contributed by atoms with E-state index in [1.807, 2.05) is 6.07 Å². The van der Waals surface area contributed by atoms with Gasteiger partial charge in [-0.05, 0) is 24.3 Å². The number of hydrogen-bond donors (Lipinski definition) is 2. The normalized spacial score (nSPS) is 10.2. The predicted molar refractivity (Wildman–Crippen MR) is 83.5 cm³/mol. The van der Waals surface area contributed by atoms with Crippen molar-refractivity contribution in [3.63, 3.8) is 0 Å². The zero-order valence-electron chi connectivity index (χ0n) is 11.9. The van der Waals surface area contributed by atoms with E-state index in [0.29, 0.717) is 22.4 Å². The summed E-state index contributed by atoms with van der Waals surface area (Å²) in [5, 5.41) is 18.4. The fourth-order valence-electron chi connectivity index (χ4n) is 2.29. The van der Waals surface area contributed by atoms with Crippen LogP contribution in [-0.2, 0) is 0 Å². The molecular formula is C17H11N3O3. The minimum absolute atomic E-state index is 0.0851. The Kier molecular flexibility index (Phi) is 3.53. The summed E-state index contributed by atoms with van der Waals surface area (Å²) in [5.41, 5.74) is 8.67. The van der Waals surface area contributed by atoms with Gasteiger partial charge in [0.1, 0.15) is 17.5 Å². The number of rotatable bonds is 3. The number of carbonyl (C=O) groups is 1. The standard InChI is InChI=1S/C17H11N3O3/c18-8-14-13(12-4-5-23-9-12)7-15(20-16(14)19)10-2-1-3-11(6-10)17(21)22/h1-7,9H,(H2,19,20)(H,21,22). The summed E-state index contributed by atoms with van der Waals surface area (Å²) in [5.74, 6) is -0.939. The van der Waals surface area contributed by atoms with Crippen LogP contribution in [0.5, 0.6) is 0 Å². The van der Waals surface area contributed by atoms with Crippen LogP contribution in [0.4, 0.5) is 5.82 Å². The Bertz CT molecular complexity index is 925. The van der Waals surface area contributed by atoms with Crippen molar-refractivity contribution >= 4 is 11.8 Å². The molecule has 0 bridgehead atoms. The number of nitrogen functional groups attached to an aromatic ring is 1. The lowest BCUT2D eigenvalue weighted by atomic mass is 10.00. The number of nitriles is 1. The Morgan fingerprint density at radius 3 is 2.74 bits per heavy atom. The van der Waals surface area contributed by atoms with Crippen LogP contribution in [0.3, 0.4) is 0 Å². The van der Waals surface area contributed by atoms with Crippen molar-refractivity contribution in [2.45, 2.75) is 0 Å². The second kappa shape index (κ2) is 5.66. The molecule has 2 heterocycles. The number of carboxylic acids is 1. The molecule has 0 unspecified atom stereocenters. The highest BCUT2D eigenvalue weighted by Gasteiger charge is 2.15. The number of anilines is 1. The van der Waals surface area contributed by atoms with Gasteiger partial charge in [0.05, 0.1) is 23.8 Å². The van der Waals surface area contributed by atoms with Gasteiger partial charge >= 0.3 is 5.97 Å². The summed E-state index contributed by atoms with van der Waals surface area (Å²) in [6, 6.07) is 11.8. The molecule has 112 valence electrons. The average Bonchev–Trinajstić information content (AvgIpc) is 3.08. The molecule has 0 aliphatic rings. The van der Waals surface area contributed by atoms with Gasteiger partial charge in [0.2, 0.25) is 0 Å². The van der Waals surface area contributed by atoms with Gasteiger partial charge in [0, 0.05) is 16.7 Å². The maximum atomic E-state index is 11.1. The van der Waals surface area contributed by atoms with E-state index in [2.05, 4.69) is 4.98 Å². The van der Waals surface area contributed by atoms with Gasteiger partial charge in [-0.15, -0.1) is 0 Å². The zero-order chi connectivity index (χ0) is 16.4. The lowest BCUT2D eigenvalue weighted by Crippen LogP contribution is -2.00. The first-order valence-corrected chi connectivity index (χ1v) is 6.67. The van der Waals surface area contributed by atoms with Crippen LogP contribution in [0.15, 0.2) is 53.3 Å². The fraction of sp³-hybridized carbons (Fsp3) is 0. The smallest absolute Gasteiger partial charge is 0.335 e. The van der Waals surface area contributed by atoms with Gasteiger partial charge in [-0.2, -0.15) is 5.26 Å². The van der Waals surface area contributed by atoms with E-state index < -0.39 is 5.97 Å². The zero-order valence-corrected chi connectivity index (χ0v) is 11.9. The summed E-state index contributed by atoms with van der Waals surface area (Å²) in [6.07, 6.45) is 3.00. The first kappa shape index (κ1) is 14.4. The molecule has 0 fully saturated rings. The van der Waals surface area contributed by atoms with E-state index in [4.69, 9.17) is 15.3 Å². The fourth-order valence-corrected chi connectivity index (χ4v) is 2.29. The van der Waals surface area contributed by atoms with Crippen molar-refractivity contribution in [3.05, 3.63) is 60.1 Å². The van der Waals surface area contributed by atoms with Crippen LogP contribution >= 0.6 is 0 Å². The van der Waals surface area contributed by atoms with Crippen molar-refractivity contribution in [3.8, 4) is 28.5 Å². The quantitative estimate of drug-likeness (QED) is 0.768. The number of nitrogens with zero attached hydrogens (tertiary/aromatic N) is 2. The second-order valence-corrected chi connectivity index (χ2v) is 4.83. The molecule has 0 saturated carbocycles. The van der Waals surface area contributed by atoms with Gasteiger partial charge in [-0.25, -0.2) is 9.78 Å². The number of aromatic nitrogens is 1. The van der Waals surface area contributed by atoms with E-state index >= 15 is 0 Å². The Hall–Kier alpha value is -3.59. The van der Waals surface area contributed by atoms with Crippen molar-refractivity contribution < 1.29 is 14.3 Å². The summed E-state index contributed by atoms with van der Waals surface area (Å²) in [6.45, 7) is 0. The molecular weight excluding hydrogens is 294 g/mol. The van der Waals surface area contributed by atoms with E-state index in [1.54, 1.807) is 24.3 Å². The minimum Gasteiger partial charge on any atom is -0.478 e. The predicted octanol–water partition coefficient (Wildman–Crippen LogP) is 3.16. The minimum atomic E-state index is -1.02. The largest absolute Gasteiger partial charge is 0.478 e. The van der Waals surface area contributed by atoms with E-state index in [9.17, 15) is 10.1 Å². The molecule has 6 heteroatoms. The number of aromatic carboxylic acids is 1. The van der Waals surface area contributed by atoms with E-state index in [1.165, 1.54) is 24.7 Å². The highest BCUT2D eigenvalue weighted by molar-refractivity contribution is 5.89. The second-order valence-electron chi connectivity index (χ2n) is 4.83. The first-order valence-electron chi connectivity index (χ1n) is 6.67. The van der Waals surface area contributed by atoms with Crippen molar-refractivity contribution in [2.24, 2.45) is 0 Å². The molecule has 0 saturated heterocycles. The number of furan rings is 1. The van der Waals surface area contributed by atoms with Crippen molar-refractivity contribution in [1.29, 1.82) is 5.26 Å². The monoisotopic (exact) mass is 305 g/mol. The van der Waals surface area contributed by atoms with Crippen LogP contribution in [0.1, 0.15) is 15.9 Å². The van der Waals surface area contributed by atoms with Crippen LogP contribution in [0.25, 0.3) is 22.4 Å². The molecule has 1 aromatic carbocycles. The maximum Gasteiger partial charge on any atom is 0.335 e. The van der Waals surface area contributed by atoms with Crippen LogP contribution in [-0.4, -0.2) is 16.1 Å². The van der Waals surface area contributed by atoms with Gasteiger partial charge in [0.15, 0.2) is 0 Å². The number of pyridine rings is 1. The highest BCUT2D eigenvalue weighted by Crippen LogP contribution is 2.31. The topological polar surface area (TPSA) is 113 Å². The Labute approximate surface area is 131 Å². The van der Waals surface area contributed by atoms with Crippen molar-refractivity contribution in [2.75, 3.05) is 5.73 Å². The third-order valence-corrected chi connectivity index (χ3v) is 3.40. The third kappa shape index (κ3) is 2.63. The lowest BCUT2D eigenvalue weighted by Gasteiger charge is -2.09. The average molecular weight is 305 g/mol. The first-order chi connectivity index (χ1) is 11.1. The molecule has 0 radical (unpaired) electrons. The number of nitrogens with two attached hydrogens (primary N) is 1. The van der Waals surface area contributed by atoms with Crippen LogP contribution in [0.2, 0.25) is 0 Å². The van der Waals surface area contributed by atoms with Gasteiger partial charge < -0.3 is 15.3 Å². The molecule has 0 aliphatic carbocycles. The highest BCUT2D eigenvalue weighted by atomic mass is 16.4. The third-order valence-electron chi connectivity index (χ3n) is 3.40. The molecule has 0 aliphatic heterocycles. The molecule has 2 aromatic heterocycles. The summed E-state index contributed by atoms with van der Waals surface area (Å²) in [4.78, 5) is 15.3. The summed E-state index contributed by atoms with van der Waals surface area (Å²) in [7, 11) is 0. The molecule has 0 amide bonds. The molecule has 3 rings (SSSR count). The number of carboxylic acid groups (broad SMARTS) is 1. The van der Waals surface area contributed by atoms with E-state index in [-0.39, 0.29) is 16.9 Å². The molecule has 3 aromatic rings.